The molecule has 7 heteroatoms. The monoisotopic (exact) mass is 200 g/mol. The summed E-state index contributed by atoms with van der Waals surface area (Å²) >= 11 is 0. The molecule has 13 heavy (non-hydrogen) atoms. The van der Waals surface area contributed by atoms with E-state index in [4.69, 9.17) is 5.11 Å². The van der Waals surface area contributed by atoms with Gasteiger partial charge in [-0.1, -0.05) is 0 Å². The van der Waals surface area contributed by atoms with Crippen molar-refractivity contribution in [1.29, 1.82) is 0 Å². The Kier molecular flexibility index (Phi) is 2.92. The van der Waals surface area contributed by atoms with E-state index in [0.29, 0.717) is 0 Å². The summed E-state index contributed by atoms with van der Waals surface area (Å²) in [4.78, 5) is 20.4. The number of rotatable bonds is 2. The number of aliphatic carboxylic acids is 1. The first kappa shape index (κ1) is 11.7. The van der Waals surface area contributed by atoms with Gasteiger partial charge in [-0.2, -0.15) is 13.2 Å². The second kappa shape index (κ2) is 3.23. The Balaban J connectivity index is 4.47. The van der Waals surface area contributed by atoms with E-state index in [9.17, 15) is 22.8 Å². The number of ether oxygens (including phenoxy) is 1. The van der Waals surface area contributed by atoms with Gasteiger partial charge in [0.05, 0.1) is 0 Å². The lowest BCUT2D eigenvalue weighted by Crippen LogP contribution is -2.41. The molecule has 0 rings (SSSR count). The molecule has 0 saturated carbocycles. The van der Waals surface area contributed by atoms with Gasteiger partial charge in [0.25, 0.3) is 0 Å². The van der Waals surface area contributed by atoms with Crippen molar-refractivity contribution in [1.82, 2.24) is 0 Å². The van der Waals surface area contributed by atoms with E-state index in [2.05, 4.69) is 4.74 Å². The van der Waals surface area contributed by atoms with Gasteiger partial charge in [-0.3, -0.25) is 0 Å². The lowest BCUT2D eigenvalue weighted by Gasteiger charge is -2.20. The van der Waals surface area contributed by atoms with Gasteiger partial charge in [0.15, 0.2) is 0 Å². The van der Waals surface area contributed by atoms with Crippen LogP contribution in [0.15, 0.2) is 0 Å². The van der Waals surface area contributed by atoms with Crippen LogP contribution in [0.25, 0.3) is 0 Å². The van der Waals surface area contributed by atoms with Crippen molar-refractivity contribution in [2.45, 2.75) is 25.6 Å². The van der Waals surface area contributed by atoms with Crippen molar-refractivity contribution < 1.29 is 32.6 Å². The molecule has 0 heterocycles. The highest BCUT2D eigenvalue weighted by Crippen LogP contribution is 2.21. The van der Waals surface area contributed by atoms with Crippen molar-refractivity contribution >= 4 is 11.9 Å². The van der Waals surface area contributed by atoms with E-state index in [1.807, 2.05) is 0 Å². The Hall–Kier alpha value is -1.27. The Labute approximate surface area is 71.3 Å². The first-order chi connectivity index (χ1) is 5.57. The summed E-state index contributed by atoms with van der Waals surface area (Å²) in [5.41, 5.74) is -2.17. The summed E-state index contributed by atoms with van der Waals surface area (Å²) in [5.74, 6) is -4.16. The molecule has 0 aliphatic heterocycles. The van der Waals surface area contributed by atoms with Gasteiger partial charge in [0, 0.05) is 0 Å². The fourth-order valence-corrected chi connectivity index (χ4v) is 0.333. The number of carbonyl (C=O) groups excluding carboxylic acids is 1. The van der Waals surface area contributed by atoms with Gasteiger partial charge in [0.1, 0.15) is 0 Å². The molecule has 0 atom stereocenters. The van der Waals surface area contributed by atoms with Crippen molar-refractivity contribution in [3.05, 3.63) is 0 Å². The molecular weight excluding hydrogens is 193 g/mol. The summed E-state index contributed by atoms with van der Waals surface area (Å²) in [5, 5.41) is 8.31. The van der Waals surface area contributed by atoms with Crippen LogP contribution in [0.2, 0.25) is 0 Å². The normalized spacial score (nSPS) is 12.4. The lowest BCUT2D eigenvalue weighted by molar-refractivity contribution is -0.214. The molecule has 0 amide bonds. The predicted octanol–water partition coefficient (Wildman–Crippen LogP) is 0.955. The number of carboxylic acid groups (broad SMARTS) is 1. The largest absolute Gasteiger partial charge is 0.490 e. The molecule has 0 radical (unpaired) electrons. The molecule has 0 saturated heterocycles. The molecular formula is C6H7F3O4. The van der Waals surface area contributed by atoms with E-state index in [0.717, 1.165) is 13.8 Å². The zero-order valence-electron chi connectivity index (χ0n) is 6.81. The molecule has 0 fully saturated rings. The SMILES string of the molecule is CC(C)(OC(=O)C(F)(F)F)C(=O)O. The predicted molar refractivity (Wildman–Crippen MR) is 33.9 cm³/mol. The number of carboxylic acids is 1. The molecule has 0 aromatic rings. The second-order valence-corrected chi connectivity index (χ2v) is 2.70. The smallest absolute Gasteiger partial charge is 0.478 e. The van der Waals surface area contributed by atoms with Crippen LogP contribution < -0.4 is 0 Å². The van der Waals surface area contributed by atoms with E-state index in [1.165, 1.54) is 0 Å². The van der Waals surface area contributed by atoms with Gasteiger partial charge in [-0.15, -0.1) is 0 Å². The first-order valence-electron chi connectivity index (χ1n) is 3.11. The average molecular weight is 200 g/mol. The molecule has 0 aliphatic carbocycles. The Morgan fingerprint density at radius 2 is 1.62 bits per heavy atom. The zero-order valence-corrected chi connectivity index (χ0v) is 6.81. The number of carbonyl (C=O) groups is 2. The van der Waals surface area contributed by atoms with Crippen LogP contribution in [-0.4, -0.2) is 28.8 Å². The minimum absolute atomic E-state index is 0.846. The van der Waals surface area contributed by atoms with Crippen LogP contribution in [0, 0.1) is 0 Å². The van der Waals surface area contributed by atoms with E-state index >= 15 is 0 Å². The number of hydrogen-bond donors (Lipinski definition) is 1. The summed E-state index contributed by atoms with van der Waals surface area (Å²) < 4.78 is 38.4. The summed E-state index contributed by atoms with van der Waals surface area (Å²) in [6.45, 7) is 1.69. The lowest BCUT2D eigenvalue weighted by atomic mass is 10.1. The average Bonchev–Trinajstić information content (AvgIpc) is 1.83. The molecule has 0 aromatic heterocycles. The molecule has 0 bridgehead atoms. The van der Waals surface area contributed by atoms with Crippen LogP contribution in [0.5, 0.6) is 0 Å². The molecule has 76 valence electrons. The highest BCUT2D eigenvalue weighted by Gasteiger charge is 2.45. The Bertz CT molecular complexity index is 231. The minimum atomic E-state index is -5.17. The molecule has 0 spiro atoms. The van der Waals surface area contributed by atoms with Gasteiger partial charge in [-0.25, -0.2) is 9.59 Å². The van der Waals surface area contributed by atoms with Crippen LogP contribution in [0.3, 0.4) is 0 Å². The van der Waals surface area contributed by atoms with E-state index < -0.39 is 23.7 Å². The van der Waals surface area contributed by atoms with Gasteiger partial charge < -0.3 is 9.84 Å². The number of alkyl halides is 3. The van der Waals surface area contributed by atoms with Crippen LogP contribution in [0.1, 0.15) is 13.8 Å². The number of hydrogen-bond acceptors (Lipinski definition) is 3. The third-order valence-corrected chi connectivity index (χ3v) is 1.09. The molecule has 0 unspecified atom stereocenters. The highest BCUT2D eigenvalue weighted by atomic mass is 19.4. The summed E-state index contributed by atoms with van der Waals surface area (Å²) in [7, 11) is 0. The maximum absolute atomic E-state index is 11.6. The van der Waals surface area contributed by atoms with Gasteiger partial charge >= 0.3 is 18.1 Å². The van der Waals surface area contributed by atoms with E-state index in [1.54, 1.807) is 0 Å². The molecule has 0 aliphatic rings. The summed E-state index contributed by atoms with van der Waals surface area (Å²) in [6, 6.07) is 0. The topological polar surface area (TPSA) is 63.6 Å². The van der Waals surface area contributed by atoms with Crippen molar-refractivity contribution in [2.75, 3.05) is 0 Å². The number of halogens is 3. The third-order valence-electron chi connectivity index (χ3n) is 1.09. The standard InChI is InChI=1S/C6H7F3O4/c1-5(2,3(10)11)13-4(12)6(7,8)9/h1-2H3,(H,10,11). The third kappa shape index (κ3) is 3.30. The van der Waals surface area contributed by atoms with Crippen LogP contribution in [0.4, 0.5) is 13.2 Å². The van der Waals surface area contributed by atoms with Crippen LogP contribution >= 0.6 is 0 Å². The van der Waals surface area contributed by atoms with Crippen molar-refractivity contribution in [2.24, 2.45) is 0 Å². The number of esters is 1. The Morgan fingerprint density at radius 1 is 1.23 bits per heavy atom. The fraction of sp³-hybridized carbons (Fsp3) is 0.667. The second-order valence-electron chi connectivity index (χ2n) is 2.70. The molecule has 1 N–H and O–H groups in total. The van der Waals surface area contributed by atoms with Crippen molar-refractivity contribution in [3.63, 3.8) is 0 Å². The zero-order chi connectivity index (χ0) is 10.9. The van der Waals surface area contributed by atoms with E-state index in [-0.39, 0.29) is 0 Å². The minimum Gasteiger partial charge on any atom is -0.478 e. The fourth-order valence-electron chi connectivity index (χ4n) is 0.333. The van der Waals surface area contributed by atoms with Crippen molar-refractivity contribution in [3.8, 4) is 0 Å². The Morgan fingerprint density at radius 3 is 1.85 bits per heavy atom. The quantitative estimate of drug-likeness (QED) is 0.674. The maximum atomic E-state index is 11.6. The highest BCUT2D eigenvalue weighted by molar-refractivity contribution is 5.83. The van der Waals surface area contributed by atoms with Crippen LogP contribution in [-0.2, 0) is 14.3 Å². The maximum Gasteiger partial charge on any atom is 0.490 e. The molecule has 0 aromatic carbocycles. The van der Waals surface area contributed by atoms with Gasteiger partial charge in [0.2, 0.25) is 5.60 Å². The van der Waals surface area contributed by atoms with Gasteiger partial charge in [-0.05, 0) is 13.8 Å². The first-order valence-corrected chi connectivity index (χ1v) is 3.11. The summed E-state index contributed by atoms with van der Waals surface area (Å²) in [6.07, 6.45) is -5.17. The molecule has 4 nitrogen and oxygen atoms in total.